The molecule has 4 rings (SSSR count). The topological polar surface area (TPSA) is 99.6 Å². The van der Waals surface area contributed by atoms with Crippen LogP contribution in [0.15, 0.2) is 81.1 Å². The average molecular weight is 503 g/mol. The molecule has 0 saturated heterocycles. The van der Waals surface area contributed by atoms with Gasteiger partial charge in [0.2, 0.25) is 5.75 Å². The minimum atomic E-state index is -0.576. The lowest BCUT2D eigenvalue weighted by Crippen LogP contribution is -2.20. The summed E-state index contributed by atoms with van der Waals surface area (Å²) in [7, 11) is 0. The van der Waals surface area contributed by atoms with Crippen LogP contribution in [0.25, 0.3) is 22.3 Å². The molecule has 0 amide bonds. The second-order valence-electron chi connectivity index (χ2n) is 6.77. The van der Waals surface area contributed by atoms with Gasteiger partial charge in [-0.25, -0.2) is 4.98 Å². The van der Waals surface area contributed by atoms with Crippen LogP contribution in [-0.4, -0.2) is 27.4 Å². The number of para-hydroxylation sites is 1. The number of aromatic nitrogens is 2. The van der Waals surface area contributed by atoms with Gasteiger partial charge in [0.05, 0.1) is 22.0 Å². The predicted octanol–water partition coefficient (Wildman–Crippen LogP) is 4.63. The lowest BCUT2D eigenvalue weighted by molar-refractivity contribution is -0.385. The lowest BCUT2D eigenvalue weighted by atomic mass is 10.2. The van der Waals surface area contributed by atoms with E-state index < -0.39 is 4.92 Å². The molecule has 0 radical (unpaired) electrons. The van der Waals surface area contributed by atoms with Gasteiger partial charge < -0.3 is 4.74 Å². The molecule has 33 heavy (non-hydrogen) atoms. The van der Waals surface area contributed by atoms with Crippen molar-refractivity contribution >= 4 is 38.7 Å². The fourth-order valence-electron chi connectivity index (χ4n) is 3.23. The summed E-state index contributed by atoms with van der Waals surface area (Å²) >= 11 is 3.27. The Morgan fingerprint density at radius 3 is 2.64 bits per heavy atom. The molecule has 1 heterocycles. The number of nitro benzene ring substituents is 1. The monoisotopic (exact) mass is 502 g/mol. The number of nitro groups is 1. The Bertz CT molecular complexity index is 1490. The molecule has 1 aromatic heterocycles. The molecular weight excluding hydrogens is 488 g/mol. The highest BCUT2D eigenvalue weighted by molar-refractivity contribution is 9.10. The third-order valence-corrected chi connectivity index (χ3v) is 5.12. The Hall–Kier alpha value is -4.29. The van der Waals surface area contributed by atoms with Gasteiger partial charge in [0.25, 0.3) is 5.56 Å². The molecule has 0 aliphatic carbocycles. The van der Waals surface area contributed by atoms with Crippen molar-refractivity contribution in [3.05, 3.63) is 97.2 Å². The summed E-state index contributed by atoms with van der Waals surface area (Å²) in [5, 5.41) is 16.3. The Kier molecular flexibility index (Phi) is 6.29. The van der Waals surface area contributed by atoms with Crippen molar-refractivity contribution in [1.29, 1.82) is 0 Å². The number of ether oxygens (including phenoxy) is 1. The van der Waals surface area contributed by atoms with Crippen molar-refractivity contribution < 1.29 is 9.66 Å². The maximum atomic E-state index is 13.3. The minimum absolute atomic E-state index is 0.0482. The molecule has 162 valence electrons. The van der Waals surface area contributed by atoms with Crippen LogP contribution in [0, 0.1) is 22.5 Å². The smallest absolute Gasteiger partial charge is 0.312 e. The molecule has 0 aliphatic rings. The first-order valence-electron chi connectivity index (χ1n) is 9.65. The SMILES string of the molecule is C#CCOc1c(C=Nn2c(-c3ccccc3)nc3ccccc3c2=O)cc(Br)cc1[N+](=O)[O-]. The van der Waals surface area contributed by atoms with Gasteiger partial charge in [0.1, 0.15) is 6.61 Å². The molecule has 4 aromatic rings. The van der Waals surface area contributed by atoms with Crippen LogP contribution in [0.2, 0.25) is 0 Å². The lowest BCUT2D eigenvalue weighted by Gasteiger charge is -2.10. The number of rotatable bonds is 6. The van der Waals surface area contributed by atoms with E-state index in [1.165, 1.54) is 12.3 Å². The molecule has 3 aromatic carbocycles. The fourth-order valence-corrected chi connectivity index (χ4v) is 3.69. The first-order valence-corrected chi connectivity index (χ1v) is 10.4. The van der Waals surface area contributed by atoms with E-state index in [9.17, 15) is 14.9 Å². The number of hydrogen-bond acceptors (Lipinski definition) is 6. The number of fused-ring (bicyclic) bond motifs is 1. The Morgan fingerprint density at radius 1 is 1.18 bits per heavy atom. The number of nitrogens with zero attached hydrogens (tertiary/aromatic N) is 4. The van der Waals surface area contributed by atoms with Gasteiger partial charge in [-0.3, -0.25) is 14.9 Å². The number of hydrogen-bond donors (Lipinski definition) is 0. The molecule has 0 spiro atoms. The van der Waals surface area contributed by atoms with E-state index in [0.29, 0.717) is 26.8 Å². The maximum absolute atomic E-state index is 13.3. The van der Waals surface area contributed by atoms with Gasteiger partial charge in [-0.05, 0) is 18.2 Å². The summed E-state index contributed by atoms with van der Waals surface area (Å²) in [6, 6.07) is 19.0. The van der Waals surface area contributed by atoms with Gasteiger partial charge in [-0.1, -0.05) is 64.3 Å². The van der Waals surface area contributed by atoms with Crippen molar-refractivity contribution in [2.75, 3.05) is 6.61 Å². The quantitative estimate of drug-likeness (QED) is 0.165. The van der Waals surface area contributed by atoms with Crippen molar-refractivity contribution in [2.24, 2.45) is 5.10 Å². The fraction of sp³-hybridized carbons (Fsp3) is 0.0417. The summed E-state index contributed by atoms with van der Waals surface area (Å²) in [4.78, 5) is 28.9. The number of halogens is 1. The van der Waals surface area contributed by atoms with E-state index in [-0.39, 0.29) is 29.2 Å². The highest BCUT2D eigenvalue weighted by atomic mass is 79.9. The van der Waals surface area contributed by atoms with Crippen LogP contribution < -0.4 is 10.3 Å². The zero-order chi connectivity index (χ0) is 23.4. The van der Waals surface area contributed by atoms with Crippen LogP contribution in [0.5, 0.6) is 5.75 Å². The van der Waals surface area contributed by atoms with E-state index in [0.717, 1.165) is 4.68 Å². The van der Waals surface area contributed by atoms with Gasteiger partial charge in [-0.2, -0.15) is 9.78 Å². The molecule has 0 aliphatic heterocycles. The first-order chi connectivity index (χ1) is 16.0. The third kappa shape index (κ3) is 4.51. The van der Waals surface area contributed by atoms with E-state index in [1.807, 2.05) is 30.3 Å². The molecular formula is C24H15BrN4O4. The molecule has 9 heteroatoms. The number of terminal acetylenes is 1. The summed E-state index contributed by atoms with van der Waals surface area (Å²) in [6.07, 6.45) is 6.58. The van der Waals surface area contributed by atoms with Crippen LogP contribution in [0.1, 0.15) is 5.56 Å². The Labute approximate surface area is 196 Å². The predicted molar refractivity (Wildman–Crippen MR) is 130 cm³/mol. The van der Waals surface area contributed by atoms with Crippen molar-refractivity contribution in [2.45, 2.75) is 0 Å². The largest absolute Gasteiger partial charge is 0.473 e. The van der Waals surface area contributed by atoms with Crippen LogP contribution >= 0.6 is 15.9 Å². The van der Waals surface area contributed by atoms with E-state index in [4.69, 9.17) is 11.2 Å². The third-order valence-electron chi connectivity index (χ3n) is 4.66. The van der Waals surface area contributed by atoms with Gasteiger partial charge >= 0.3 is 5.69 Å². The second kappa shape index (κ2) is 9.46. The average Bonchev–Trinajstić information content (AvgIpc) is 2.82. The molecule has 0 unspecified atom stereocenters. The van der Waals surface area contributed by atoms with Crippen molar-refractivity contribution in [3.8, 4) is 29.5 Å². The van der Waals surface area contributed by atoms with Crippen LogP contribution in [-0.2, 0) is 0 Å². The van der Waals surface area contributed by atoms with Gasteiger partial charge in [-0.15, -0.1) is 6.42 Å². The molecule has 0 fully saturated rings. The summed E-state index contributed by atoms with van der Waals surface area (Å²) in [5.74, 6) is 2.57. The highest BCUT2D eigenvalue weighted by Crippen LogP contribution is 2.34. The van der Waals surface area contributed by atoms with Gasteiger partial charge in [0.15, 0.2) is 5.82 Å². The second-order valence-corrected chi connectivity index (χ2v) is 7.69. The van der Waals surface area contributed by atoms with Crippen LogP contribution in [0.4, 0.5) is 5.69 Å². The summed E-state index contributed by atoms with van der Waals surface area (Å²) < 4.78 is 7.05. The molecule has 0 bridgehead atoms. The zero-order valence-corrected chi connectivity index (χ0v) is 18.6. The van der Waals surface area contributed by atoms with Gasteiger partial charge in [0, 0.05) is 21.7 Å². The molecule has 8 nitrogen and oxygen atoms in total. The Balaban J connectivity index is 1.94. The van der Waals surface area contributed by atoms with Crippen molar-refractivity contribution in [3.63, 3.8) is 0 Å². The minimum Gasteiger partial charge on any atom is -0.473 e. The normalized spacial score (nSPS) is 10.9. The van der Waals surface area contributed by atoms with E-state index in [2.05, 4.69) is 31.9 Å². The zero-order valence-electron chi connectivity index (χ0n) is 17.0. The summed E-state index contributed by atoms with van der Waals surface area (Å²) in [5.41, 5.74) is 0.815. The van der Waals surface area contributed by atoms with Crippen LogP contribution in [0.3, 0.4) is 0 Å². The highest BCUT2D eigenvalue weighted by Gasteiger charge is 2.20. The first kappa shape index (κ1) is 21.9. The standard InChI is InChI=1S/C24H15BrN4O4/c1-2-12-33-22-17(13-18(25)14-21(22)29(31)32)15-26-28-23(16-8-4-3-5-9-16)27-20-11-7-6-10-19(20)24(28)30/h1,3-11,13-15H,12H2. The summed E-state index contributed by atoms with van der Waals surface area (Å²) in [6.45, 7) is -0.171. The molecule has 0 atom stereocenters. The molecule has 0 N–H and O–H groups in total. The maximum Gasteiger partial charge on any atom is 0.312 e. The van der Waals surface area contributed by atoms with Crippen molar-refractivity contribution in [1.82, 2.24) is 9.66 Å². The van der Waals surface area contributed by atoms with E-state index in [1.54, 1.807) is 30.3 Å². The van der Waals surface area contributed by atoms with E-state index >= 15 is 0 Å². The molecule has 0 saturated carbocycles. The Morgan fingerprint density at radius 2 is 1.91 bits per heavy atom. The number of benzene rings is 3.